The Morgan fingerprint density at radius 3 is 2.08 bits per heavy atom. The fourth-order valence-electron chi connectivity index (χ4n) is 0.717. The first-order valence-corrected chi connectivity index (χ1v) is 4.48. The molecule has 0 aliphatic rings. The van der Waals surface area contributed by atoms with Crippen LogP contribution in [0.3, 0.4) is 0 Å². The monoisotopic (exact) mass is 293 g/mol. The van der Waals surface area contributed by atoms with Crippen LogP contribution in [-0.4, -0.2) is 11.1 Å². The van der Waals surface area contributed by atoms with E-state index in [-0.39, 0.29) is 5.56 Å². The first-order chi connectivity index (χ1) is 5.61. The molecular weight excluding hydrogens is 290 g/mol. The van der Waals surface area contributed by atoms with Crippen molar-refractivity contribution in [1.29, 1.82) is 0 Å². The lowest BCUT2D eigenvalue weighted by atomic mass is 10.2. The van der Waals surface area contributed by atoms with Crippen LogP contribution in [0, 0.1) is 0 Å². The Bertz CT molecular complexity index is 284. The van der Waals surface area contributed by atoms with E-state index in [9.17, 15) is 4.79 Å². The number of rotatable bonds is 2. The van der Waals surface area contributed by atoms with E-state index in [1.54, 1.807) is 15.1 Å². The molecule has 0 saturated heterocycles. The minimum absolute atomic E-state index is 0.278. The SMILES string of the molecule is O=C(O)c1ccc(N(Br)Br)cc1. The number of carboxylic acid groups (broad SMARTS) is 1. The Labute approximate surface area is 86.7 Å². The van der Waals surface area contributed by atoms with Crippen LogP contribution in [0.5, 0.6) is 0 Å². The molecule has 3 nitrogen and oxygen atoms in total. The standard InChI is InChI=1S/C7H5Br2NO2/c8-10(9)6-3-1-5(2-4-6)7(11)12/h1-4H,(H,11,12). The first-order valence-electron chi connectivity index (χ1n) is 3.06. The Morgan fingerprint density at radius 2 is 1.75 bits per heavy atom. The summed E-state index contributed by atoms with van der Waals surface area (Å²) in [6.45, 7) is 0. The molecule has 12 heavy (non-hydrogen) atoms. The van der Waals surface area contributed by atoms with Gasteiger partial charge in [0.2, 0.25) is 0 Å². The molecule has 0 fully saturated rings. The third-order valence-corrected chi connectivity index (χ3v) is 2.13. The van der Waals surface area contributed by atoms with Crippen molar-refractivity contribution in [2.45, 2.75) is 0 Å². The molecule has 0 atom stereocenters. The topological polar surface area (TPSA) is 40.5 Å². The summed E-state index contributed by atoms with van der Waals surface area (Å²) < 4.78 is 1.55. The fraction of sp³-hybridized carbons (Fsp3) is 0. The summed E-state index contributed by atoms with van der Waals surface area (Å²) in [5, 5.41) is 8.58. The van der Waals surface area contributed by atoms with Gasteiger partial charge in [-0.1, -0.05) is 0 Å². The van der Waals surface area contributed by atoms with E-state index >= 15 is 0 Å². The van der Waals surface area contributed by atoms with Gasteiger partial charge in [0, 0.05) is 0 Å². The van der Waals surface area contributed by atoms with Gasteiger partial charge in [-0.2, -0.15) is 0 Å². The van der Waals surface area contributed by atoms with Gasteiger partial charge < -0.3 is 5.11 Å². The van der Waals surface area contributed by atoms with Crippen molar-refractivity contribution in [2.24, 2.45) is 0 Å². The molecule has 0 saturated carbocycles. The van der Waals surface area contributed by atoms with Gasteiger partial charge in [-0.05, 0) is 24.3 Å². The normalized spacial score (nSPS) is 9.50. The summed E-state index contributed by atoms with van der Waals surface area (Å²) in [6, 6.07) is 6.44. The van der Waals surface area contributed by atoms with Crippen LogP contribution < -0.4 is 2.95 Å². The number of benzene rings is 1. The molecule has 1 aromatic rings. The van der Waals surface area contributed by atoms with Crippen molar-refractivity contribution < 1.29 is 9.90 Å². The van der Waals surface area contributed by atoms with Gasteiger partial charge in [-0.15, -0.1) is 0 Å². The highest BCUT2D eigenvalue weighted by Gasteiger charge is 2.02. The zero-order valence-electron chi connectivity index (χ0n) is 5.87. The van der Waals surface area contributed by atoms with Gasteiger partial charge in [0.1, 0.15) is 0 Å². The number of carboxylic acids is 1. The second-order valence-electron chi connectivity index (χ2n) is 2.08. The second-order valence-corrected chi connectivity index (χ2v) is 4.46. The van der Waals surface area contributed by atoms with Gasteiger partial charge in [0.25, 0.3) is 0 Å². The summed E-state index contributed by atoms with van der Waals surface area (Å²) in [7, 11) is 0. The van der Waals surface area contributed by atoms with E-state index in [1.807, 2.05) is 0 Å². The summed E-state index contributed by atoms with van der Waals surface area (Å²) in [5.41, 5.74) is 1.11. The Kier molecular flexibility index (Phi) is 3.11. The van der Waals surface area contributed by atoms with Crippen molar-refractivity contribution in [2.75, 3.05) is 2.95 Å². The number of halogens is 2. The lowest BCUT2D eigenvalue weighted by molar-refractivity contribution is 0.0697. The lowest BCUT2D eigenvalue weighted by Gasteiger charge is -2.05. The average Bonchev–Trinajstić information content (AvgIpc) is 2.04. The number of nitrogens with zero attached hydrogens (tertiary/aromatic N) is 1. The minimum atomic E-state index is -0.919. The summed E-state index contributed by atoms with van der Waals surface area (Å²) in [4.78, 5) is 10.4. The zero-order chi connectivity index (χ0) is 9.14. The van der Waals surface area contributed by atoms with Crippen LogP contribution in [0.4, 0.5) is 5.69 Å². The maximum absolute atomic E-state index is 10.4. The number of hydrogen-bond acceptors (Lipinski definition) is 2. The summed E-state index contributed by atoms with van der Waals surface area (Å²) in [5.74, 6) is -0.919. The highest BCUT2D eigenvalue weighted by atomic mass is 79.9. The smallest absolute Gasteiger partial charge is 0.335 e. The molecule has 1 rings (SSSR count). The average molecular weight is 295 g/mol. The van der Waals surface area contributed by atoms with Crippen LogP contribution in [0.25, 0.3) is 0 Å². The van der Waals surface area contributed by atoms with Gasteiger partial charge >= 0.3 is 5.97 Å². The number of aromatic carboxylic acids is 1. The van der Waals surface area contributed by atoms with E-state index in [4.69, 9.17) is 5.11 Å². The highest BCUT2D eigenvalue weighted by Crippen LogP contribution is 2.21. The molecule has 5 heteroatoms. The molecule has 1 aromatic carbocycles. The van der Waals surface area contributed by atoms with E-state index in [2.05, 4.69) is 32.3 Å². The van der Waals surface area contributed by atoms with Crippen LogP contribution in [-0.2, 0) is 0 Å². The van der Waals surface area contributed by atoms with Crippen molar-refractivity contribution in [3.8, 4) is 0 Å². The number of carbonyl (C=O) groups is 1. The van der Waals surface area contributed by atoms with E-state index in [1.165, 1.54) is 12.1 Å². The molecule has 0 bridgehead atoms. The Hall–Kier alpha value is -0.550. The third kappa shape index (κ3) is 2.22. The highest BCUT2D eigenvalue weighted by molar-refractivity contribution is 9.25. The molecular formula is C7H5Br2NO2. The third-order valence-electron chi connectivity index (χ3n) is 1.31. The number of hydrogen-bond donors (Lipinski definition) is 1. The number of anilines is 1. The molecule has 0 heterocycles. The van der Waals surface area contributed by atoms with Gasteiger partial charge in [-0.3, -0.25) is 0 Å². The van der Waals surface area contributed by atoms with Crippen LogP contribution in [0.15, 0.2) is 24.3 Å². The van der Waals surface area contributed by atoms with E-state index in [0.717, 1.165) is 5.69 Å². The molecule has 0 amide bonds. The van der Waals surface area contributed by atoms with Gasteiger partial charge in [0.05, 0.1) is 43.5 Å². The van der Waals surface area contributed by atoms with Crippen LogP contribution in [0.1, 0.15) is 10.4 Å². The van der Waals surface area contributed by atoms with Crippen molar-refractivity contribution in [3.63, 3.8) is 0 Å². The maximum atomic E-state index is 10.4. The summed E-state index contributed by atoms with van der Waals surface area (Å²) in [6.07, 6.45) is 0. The van der Waals surface area contributed by atoms with E-state index in [0.29, 0.717) is 0 Å². The van der Waals surface area contributed by atoms with Crippen LogP contribution >= 0.6 is 32.3 Å². The molecule has 0 spiro atoms. The van der Waals surface area contributed by atoms with Crippen molar-refractivity contribution >= 4 is 44.0 Å². The fourth-order valence-corrected chi connectivity index (χ4v) is 1.19. The van der Waals surface area contributed by atoms with Crippen molar-refractivity contribution in [1.82, 2.24) is 0 Å². The molecule has 0 radical (unpaired) electrons. The molecule has 0 aliphatic carbocycles. The quantitative estimate of drug-likeness (QED) is 0.853. The largest absolute Gasteiger partial charge is 0.478 e. The summed E-state index contributed by atoms with van der Waals surface area (Å²) >= 11 is 6.29. The molecule has 1 N–H and O–H groups in total. The minimum Gasteiger partial charge on any atom is -0.478 e. The van der Waals surface area contributed by atoms with Gasteiger partial charge in [-0.25, -0.2) is 7.75 Å². The molecule has 0 unspecified atom stereocenters. The second kappa shape index (κ2) is 3.91. The lowest BCUT2D eigenvalue weighted by Crippen LogP contribution is -1.96. The first kappa shape index (κ1) is 9.54. The zero-order valence-corrected chi connectivity index (χ0v) is 9.04. The van der Waals surface area contributed by atoms with E-state index < -0.39 is 5.97 Å². The predicted octanol–water partition coefficient (Wildman–Crippen LogP) is 2.81. The maximum Gasteiger partial charge on any atom is 0.335 e. The van der Waals surface area contributed by atoms with Crippen LogP contribution in [0.2, 0.25) is 0 Å². The molecule has 0 aliphatic heterocycles. The predicted molar refractivity (Wildman–Crippen MR) is 53.7 cm³/mol. The molecule has 0 aromatic heterocycles. The van der Waals surface area contributed by atoms with Gasteiger partial charge in [0.15, 0.2) is 0 Å². The Morgan fingerprint density at radius 1 is 1.25 bits per heavy atom. The Balaban J connectivity index is 2.93. The molecule has 64 valence electrons. The van der Waals surface area contributed by atoms with Crippen molar-refractivity contribution in [3.05, 3.63) is 29.8 Å².